The Labute approximate surface area is 68.2 Å². The summed E-state index contributed by atoms with van der Waals surface area (Å²) in [4.78, 5) is 7.44. The molecule has 0 fully saturated rings. The molecule has 2 N–H and O–H groups in total. The molecule has 0 aromatic carbocycles. The largest absolute Gasteiger partial charge is 0.381 e. The number of nitrogens with zero attached hydrogens (tertiary/aromatic N) is 2. The van der Waals surface area contributed by atoms with Crippen molar-refractivity contribution in [2.75, 3.05) is 11.5 Å². The van der Waals surface area contributed by atoms with Gasteiger partial charge in [-0.3, -0.25) is 0 Å². The summed E-state index contributed by atoms with van der Waals surface area (Å²) < 4.78 is 12.5. The fourth-order valence-electron chi connectivity index (χ4n) is 0.562. The van der Waals surface area contributed by atoms with E-state index >= 15 is 0 Å². The Kier molecular flexibility index (Phi) is 2.64. The normalized spacial score (nSPS) is 10.0. The van der Waals surface area contributed by atoms with Gasteiger partial charge in [0, 0.05) is 0 Å². The van der Waals surface area contributed by atoms with Gasteiger partial charge in [0.15, 0.2) is 16.8 Å². The molecular formula is C6H8FN3S. The van der Waals surface area contributed by atoms with Crippen molar-refractivity contribution in [2.45, 2.75) is 12.1 Å². The fraction of sp³-hybridized carbons (Fsp3) is 0.333. The van der Waals surface area contributed by atoms with Crippen LogP contribution < -0.4 is 5.73 Å². The van der Waals surface area contributed by atoms with Crippen LogP contribution in [-0.4, -0.2) is 15.7 Å². The Morgan fingerprint density at radius 1 is 1.73 bits per heavy atom. The van der Waals surface area contributed by atoms with Gasteiger partial charge < -0.3 is 5.73 Å². The first-order chi connectivity index (χ1) is 5.24. The molecule has 60 valence electrons. The summed E-state index contributed by atoms with van der Waals surface area (Å²) in [6.45, 7) is 1.97. The summed E-state index contributed by atoms with van der Waals surface area (Å²) in [5.74, 6) is 0.201. The van der Waals surface area contributed by atoms with Gasteiger partial charge in [-0.05, 0) is 5.75 Å². The van der Waals surface area contributed by atoms with Crippen molar-refractivity contribution in [3.05, 3.63) is 12.0 Å². The Morgan fingerprint density at radius 2 is 2.45 bits per heavy atom. The first-order valence-electron chi connectivity index (χ1n) is 3.15. The highest BCUT2D eigenvalue weighted by molar-refractivity contribution is 7.99. The van der Waals surface area contributed by atoms with E-state index < -0.39 is 5.82 Å². The van der Waals surface area contributed by atoms with E-state index in [1.807, 2.05) is 6.92 Å². The van der Waals surface area contributed by atoms with E-state index in [2.05, 4.69) is 9.97 Å². The molecule has 11 heavy (non-hydrogen) atoms. The number of nitrogen functional groups attached to an aromatic ring is 1. The Balaban J connectivity index is 2.86. The number of rotatable bonds is 2. The molecule has 0 atom stereocenters. The topological polar surface area (TPSA) is 51.8 Å². The van der Waals surface area contributed by atoms with Crippen molar-refractivity contribution in [3.63, 3.8) is 0 Å². The third kappa shape index (κ3) is 2.04. The average molecular weight is 173 g/mol. The number of halogens is 1. The highest BCUT2D eigenvalue weighted by Gasteiger charge is 2.01. The van der Waals surface area contributed by atoms with Gasteiger partial charge in [-0.2, -0.15) is 0 Å². The van der Waals surface area contributed by atoms with Crippen LogP contribution >= 0.6 is 11.8 Å². The number of hydrogen-bond acceptors (Lipinski definition) is 4. The quantitative estimate of drug-likeness (QED) is 0.541. The van der Waals surface area contributed by atoms with Gasteiger partial charge >= 0.3 is 0 Å². The minimum Gasteiger partial charge on any atom is -0.381 e. The van der Waals surface area contributed by atoms with Gasteiger partial charge in [-0.15, -0.1) is 0 Å². The zero-order valence-corrected chi connectivity index (χ0v) is 6.86. The van der Waals surface area contributed by atoms with Crippen LogP contribution in [0.2, 0.25) is 0 Å². The average Bonchev–Trinajstić information content (AvgIpc) is 1.98. The van der Waals surface area contributed by atoms with Crippen LogP contribution in [0.4, 0.5) is 10.2 Å². The van der Waals surface area contributed by atoms with Crippen LogP contribution in [0.5, 0.6) is 0 Å². The van der Waals surface area contributed by atoms with E-state index in [1.165, 1.54) is 11.8 Å². The fourth-order valence-corrected chi connectivity index (χ4v) is 1.11. The predicted molar refractivity (Wildman–Crippen MR) is 42.8 cm³/mol. The molecule has 0 radical (unpaired) electrons. The van der Waals surface area contributed by atoms with Crippen molar-refractivity contribution in [3.8, 4) is 0 Å². The third-order valence-corrected chi connectivity index (χ3v) is 1.77. The molecule has 0 saturated carbocycles. The standard InChI is InChI=1S/C6H8FN3S/c1-2-11-6-9-3-4(7)5(8)10-6/h3H,2H2,1H3,(H2,8,9,10). The maximum Gasteiger partial charge on any atom is 0.189 e. The second kappa shape index (κ2) is 3.52. The number of thioether (sulfide) groups is 1. The smallest absolute Gasteiger partial charge is 0.189 e. The van der Waals surface area contributed by atoms with E-state index in [1.54, 1.807) is 0 Å². The van der Waals surface area contributed by atoms with Gasteiger partial charge in [0.1, 0.15) is 0 Å². The molecule has 0 aliphatic carbocycles. The summed E-state index contributed by atoms with van der Waals surface area (Å²) in [7, 11) is 0. The van der Waals surface area contributed by atoms with Gasteiger partial charge in [-0.1, -0.05) is 18.7 Å². The minimum absolute atomic E-state index is 0.0871. The molecule has 3 nitrogen and oxygen atoms in total. The molecule has 0 amide bonds. The molecule has 0 spiro atoms. The van der Waals surface area contributed by atoms with Gasteiger partial charge in [0.25, 0.3) is 0 Å². The predicted octanol–water partition coefficient (Wildman–Crippen LogP) is 1.31. The summed E-state index contributed by atoms with van der Waals surface area (Å²) in [5, 5.41) is 0.520. The molecule has 1 heterocycles. The van der Waals surface area contributed by atoms with E-state index in [0.29, 0.717) is 5.16 Å². The van der Waals surface area contributed by atoms with Gasteiger partial charge in [0.05, 0.1) is 6.20 Å². The second-order valence-electron chi connectivity index (χ2n) is 1.82. The van der Waals surface area contributed by atoms with Crippen LogP contribution in [0, 0.1) is 5.82 Å². The SMILES string of the molecule is CCSc1ncc(F)c(N)n1. The maximum absolute atomic E-state index is 12.5. The molecule has 1 rings (SSSR count). The van der Waals surface area contributed by atoms with Crippen molar-refractivity contribution in [1.29, 1.82) is 0 Å². The van der Waals surface area contributed by atoms with Crippen LogP contribution in [0.25, 0.3) is 0 Å². The monoisotopic (exact) mass is 173 g/mol. The van der Waals surface area contributed by atoms with E-state index in [-0.39, 0.29) is 5.82 Å². The first-order valence-corrected chi connectivity index (χ1v) is 4.13. The molecule has 0 aliphatic heterocycles. The lowest BCUT2D eigenvalue weighted by molar-refractivity contribution is 0.612. The lowest BCUT2D eigenvalue weighted by Crippen LogP contribution is -1.97. The van der Waals surface area contributed by atoms with Crippen LogP contribution in [-0.2, 0) is 0 Å². The molecule has 1 aromatic heterocycles. The molecule has 0 aliphatic rings. The van der Waals surface area contributed by atoms with Crippen LogP contribution in [0.15, 0.2) is 11.4 Å². The molecule has 0 saturated heterocycles. The summed E-state index contributed by atoms with van der Waals surface area (Å²) in [6.07, 6.45) is 1.08. The van der Waals surface area contributed by atoms with Crippen molar-refractivity contribution in [2.24, 2.45) is 0 Å². The Bertz CT molecular complexity index is 254. The van der Waals surface area contributed by atoms with E-state index in [0.717, 1.165) is 11.9 Å². The zero-order valence-electron chi connectivity index (χ0n) is 6.04. The lowest BCUT2D eigenvalue weighted by Gasteiger charge is -1.97. The Hall–Kier alpha value is -0.840. The highest BCUT2D eigenvalue weighted by Crippen LogP contribution is 2.13. The first kappa shape index (κ1) is 8.26. The van der Waals surface area contributed by atoms with Crippen molar-refractivity contribution < 1.29 is 4.39 Å². The van der Waals surface area contributed by atoms with Crippen molar-refractivity contribution >= 4 is 17.6 Å². The van der Waals surface area contributed by atoms with E-state index in [9.17, 15) is 4.39 Å². The maximum atomic E-state index is 12.5. The lowest BCUT2D eigenvalue weighted by atomic mass is 10.6. The zero-order chi connectivity index (χ0) is 8.27. The summed E-state index contributed by atoms with van der Waals surface area (Å²) in [5.41, 5.74) is 5.21. The highest BCUT2D eigenvalue weighted by atomic mass is 32.2. The third-order valence-electron chi connectivity index (χ3n) is 1.02. The van der Waals surface area contributed by atoms with Gasteiger partial charge in [-0.25, -0.2) is 14.4 Å². The van der Waals surface area contributed by atoms with E-state index in [4.69, 9.17) is 5.73 Å². The second-order valence-corrected chi connectivity index (χ2v) is 3.05. The molecule has 0 bridgehead atoms. The minimum atomic E-state index is -0.564. The number of nitrogens with two attached hydrogens (primary N) is 1. The molecule has 0 unspecified atom stereocenters. The van der Waals surface area contributed by atoms with Crippen molar-refractivity contribution in [1.82, 2.24) is 9.97 Å². The van der Waals surface area contributed by atoms with Gasteiger partial charge in [0.2, 0.25) is 0 Å². The number of anilines is 1. The molecule has 1 aromatic rings. The molecular weight excluding hydrogens is 165 g/mol. The number of hydrogen-bond donors (Lipinski definition) is 1. The summed E-state index contributed by atoms with van der Waals surface area (Å²) in [6, 6.07) is 0. The number of aromatic nitrogens is 2. The summed E-state index contributed by atoms with van der Waals surface area (Å²) >= 11 is 1.43. The van der Waals surface area contributed by atoms with Crippen LogP contribution in [0.1, 0.15) is 6.92 Å². The molecule has 5 heteroatoms. The van der Waals surface area contributed by atoms with Crippen LogP contribution in [0.3, 0.4) is 0 Å². The Morgan fingerprint density at radius 3 is 3.00 bits per heavy atom.